The standard InChI is InChI=1S/C20H15F4N3O3/c1-26-4-5-27-18(26)9-17(25-20(27)28)29-10-11-6-15(23)19(16(24)7-11)30-12-2-3-13(21)14(22)8-12/h2-3,6-9H,4-5,10H2,1H3. The second-order valence-electron chi connectivity index (χ2n) is 6.66. The average Bonchev–Trinajstić information content (AvgIpc) is 3.07. The van der Waals surface area contributed by atoms with Gasteiger partial charge < -0.3 is 14.4 Å². The molecule has 0 aliphatic carbocycles. The van der Waals surface area contributed by atoms with Crippen LogP contribution in [0.2, 0.25) is 0 Å². The van der Waals surface area contributed by atoms with Gasteiger partial charge in [-0.1, -0.05) is 0 Å². The van der Waals surface area contributed by atoms with Crippen molar-refractivity contribution in [2.45, 2.75) is 13.2 Å². The van der Waals surface area contributed by atoms with Gasteiger partial charge in [0.15, 0.2) is 29.0 Å². The predicted molar refractivity (Wildman–Crippen MR) is 98.9 cm³/mol. The summed E-state index contributed by atoms with van der Waals surface area (Å²) < 4.78 is 66.8. The summed E-state index contributed by atoms with van der Waals surface area (Å²) in [7, 11) is 1.82. The zero-order valence-electron chi connectivity index (χ0n) is 15.7. The van der Waals surface area contributed by atoms with E-state index in [1.165, 1.54) is 4.57 Å². The topological polar surface area (TPSA) is 56.6 Å². The minimum absolute atomic E-state index is 0.0305. The first kappa shape index (κ1) is 19.7. The third kappa shape index (κ3) is 3.80. The van der Waals surface area contributed by atoms with Gasteiger partial charge in [0.25, 0.3) is 0 Å². The van der Waals surface area contributed by atoms with Gasteiger partial charge in [-0.15, -0.1) is 0 Å². The number of hydrogen-bond donors (Lipinski definition) is 0. The zero-order chi connectivity index (χ0) is 21.4. The van der Waals surface area contributed by atoms with Crippen LogP contribution in [-0.4, -0.2) is 23.1 Å². The molecule has 0 fully saturated rings. The molecule has 0 saturated carbocycles. The third-order valence-corrected chi connectivity index (χ3v) is 4.57. The van der Waals surface area contributed by atoms with E-state index in [1.54, 1.807) is 6.07 Å². The fraction of sp³-hybridized carbons (Fsp3) is 0.200. The summed E-state index contributed by atoms with van der Waals surface area (Å²) in [6.07, 6.45) is 0. The van der Waals surface area contributed by atoms with Crippen molar-refractivity contribution in [1.29, 1.82) is 0 Å². The second-order valence-corrected chi connectivity index (χ2v) is 6.66. The van der Waals surface area contributed by atoms with Crippen molar-refractivity contribution < 1.29 is 27.0 Å². The van der Waals surface area contributed by atoms with E-state index in [1.807, 2.05) is 11.9 Å². The molecule has 1 aliphatic rings. The molecule has 156 valence electrons. The zero-order valence-corrected chi connectivity index (χ0v) is 15.7. The Kier molecular flexibility index (Phi) is 5.06. The van der Waals surface area contributed by atoms with Crippen LogP contribution in [0.4, 0.5) is 23.4 Å². The van der Waals surface area contributed by atoms with Gasteiger partial charge in [0.05, 0.1) is 0 Å². The summed E-state index contributed by atoms with van der Waals surface area (Å²) in [6.45, 7) is 0.933. The Bertz CT molecular complexity index is 1160. The lowest BCUT2D eigenvalue weighted by molar-refractivity contribution is 0.289. The number of hydrogen-bond acceptors (Lipinski definition) is 5. The maximum Gasteiger partial charge on any atom is 0.352 e. The molecule has 3 aromatic rings. The monoisotopic (exact) mass is 421 g/mol. The maximum absolute atomic E-state index is 14.3. The molecule has 30 heavy (non-hydrogen) atoms. The number of fused-ring (bicyclic) bond motifs is 1. The first-order chi connectivity index (χ1) is 14.3. The number of ether oxygens (including phenoxy) is 2. The summed E-state index contributed by atoms with van der Waals surface area (Å²) >= 11 is 0. The molecule has 4 rings (SSSR count). The molecule has 0 radical (unpaired) electrons. The largest absolute Gasteiger partial charge is 0.473 e. The molecule has 2 heterocycles. The van der Waals surface area contributed by atoms with Crippen molar-refractivity contribution in [1.82, 2.24) is 9.55 Å². The normalized spacial score (nSPS) is 12.8. The SMILES string of the molecule is CN1CCn2c1cc(OCc1cc(F)c(Oc3ccc(F)c(F)c3)c(F)c1)nc2=O. The van der Waals surface area contributed by atoms with Crippen LogP contribution in [0.25, 0.3) is 0 Å². The van der Waals surface area contributed by atoms with Crippen molar-refractivity contribution in [2.24, 2.45) is 0 Å². The van der Waals surface area contributed by atoms with Gasteiger partial charge in [-0.2, -0.15) is 4.98 Å². The fourth-order valence-corrected chi connectivity index (χ4v) is 3.05. The lowest BCUT2D eigenvalue weighted by Gasteiger charge is -2.13. The number of aromatic nitrogens is 2. The molecule has 6 nitrogen and oxygen atoms in total. The Morgan fingerprint density at radius 1 is 0.967 bits per heavy atom. The second kappa shape index (κ2) is 7.69. The van der Waals surface area contributed by atoms with Crippen LogP contribution in [0.5, 0.6) is 17.4 Å². The van der Waals surface area contributed by atoms with E-state index in [0.717, 1.165) is 24.3 Å². The molecule has 0 bridgehead atoms. The van der Waals surface area contributed by atoms with Gasteiger partial charge in [-0.05, 0) is 29.8 Å². The van der Waals surface area contributed by atoms with Gasteiger partial charge in [-0.25, -0.2) is 22.4 Å². The van der Waals surface area contributed by atoms with Gasteiger partial charge in [0.1, 0.15) is 18.2 Å². The van der Waals surface area contributed by atoms with E-state index in [9.17, 15) is 22.4 Å². The van der Waals surface area contributed by atoms with Gasteiger partial charge in [0, 0.05) is 32.3 Å². The molecule has 1 aromatic heterocycles. The van der Waals surface area contributed by atoms with E-state index in [-0.39, 0.29) is 23.8 Å². The molecule has 10 heteroatoms. The molecule has 0 N–H and O–H groups in total. The van der Waals surface area contributed by atoms with Gasteiger partial charge in [0.2, 0.25) is 5.88 Å². The van der Waals surface area contributed by atoms with Crippen molar-refractivity contribution >= 4 is 5.82 Å². The van der Waals surface area contributed by atoms with Crippen LogP contribution in [0.15, 0.2) is 41.2 Å². The van der Waals surface area contributed by atoms with Crippen LogP contribution in [0, 0.1) is 23.3 Å². The summed E-state index contributed by atoms with van der Waals surface area (Å²) in [5.41, 5.74) is -0.349. The van der Waals surface area contributed by atoms with E-state index >= 15 is 0 Å². The molecular weight excluding hydrogens is 406 g/mol. The maximum atomic E-state index is 14.3. The minimum atomic E-state index is -1.21. The summed E-state index contributed by atoms with van der Waals surface area (Å²) in [6, 6.07) is 6.03. The lowest BCUT2D eigenvalue weighted by atomic mass is 10.2. The van der Waals surface area contributed by atoms with Crippen LogP contribution >= 0.6 is 0 Å². The number of anilines is 1. The Morgan fingerprint density at radius 3 is 2.40 bits per heavy atom. The summed E-state index contributed by atoms with van der Waals surface area (Å²) in [4.78, 5) is 17.7. The van der Waals surface area contributed by atoms with Crippen LogP contribution in [-0.2, 0) is 13.2 Å². The smallest absolute Gasteiger partial charge is 0.352 e. The first-order valence-electron chi connectivity index (χ1n) is 8.88. The van der Waals surface area contributed by atoms with Crippen molar-refractivity contribution in [3.8, 4) is 17.4 Å². The molecule has 1 aliphatic heterocycles. The van der Waals surface area contributed by atoms with Crippen LogP contribution in [0.1, 0.15) is 5.56 Å². The minimum Gasteiger partial charge on any atom is -0.473 e. The number of nitrogens with zero attached hydrogens (tertiary/aromatic N) is 3. The summed E-state index contributed by atoms with van der Waals surface area (Å²) in [5, 5.41) is 0. The van der Waals surface area contributed by atoms with E-state index in [4.69, 9.17) is 9.47 Å². The molecule has 0 amide bonds. The number of halogens is 4. The number of rotatable bonds is 5. The first-order valence-corrected chi connectivity index (χ1v) is 8.88. The third-order valence-electron chi connectivity index (χ3n) is 4.57. The Labute approximate surface area is 167 Å². The van der Waals surface area contributed by atoms with E-state index in [0.29, 0.717) is 25.0 Å². The predicted octanol–water partition coefficient (Wildman–Crippen LogP) is 3.62. The highest BCUT2D eigenvalue weighted by Gasteiger charge is 2.19. The van der Waals surface area contributed by atoms with E-state index < -0.39 is 34.7 Å². The molecule has 0 saturated heterocycles. The van der Waals surface area contributed by atoms with Gasteiger partial charge >= 0.3 is 5.69 Å². The summed E-state index contributed by atoms with van der Waals surface area (Å²) in [5.74, 6) is -4.79. The van der Waals surface area contributed by atoms with E-state index in [2.05, 4.69) is 4.98 Å². The highest BCUT2D eigenvalue weighted by atomic mass is 19.2. The average molecular weight is 421 g/mol. The molecule has 0 atom stereocenters. The van der Waals surface area contributed by atoms with Crippen molar-refractivity contribution in [3.05, 3.63) is 75.7 Å². The highest BCUT2D eigenvalue weighted by molar-refractivity contribution is 5.44. The molecule has 0 unspecified atom stereocenters. The number of likely N-dealkylation sites (N-methyl/N-ethyl adjacent to an activating group) is 1. The van der Waals surface area contributed by atoms with Crippen molar-refractivity contribution in [2.75, 3.05) is 18.5 Å². The quantitative estimate of drug-likeness (QED) is 0.589. The Balaban J connectivity index is 1.51. The van der Waals surface area contributed by atoms with Crippen LogP contribution < -0.4 is 20.1 Å². The Hall–Kier alpha value is -3.56. The lowest BCUT2D eigenvalue weighted by Crippen LogP contribution is -2.22. The molecular formula is C20H15F4N3O3. The fourth-order valence-electron chi connectivity index (χ4n) is 3.05. The molecule has 2 aromatic carbocycles. The number of benzene rings is 2. The van der Waals surface area contributed by atoms with Crippen molar-refractivity contribution in [3.63, 3.8) is 0 Å². The molecule has 0 spiro atoms. The van der Waals surface area contributed by atoms with Crippen LogP contribution in [0.3, 0.4) is 0 Å². The highest BCUT2D eigenvalue weighted by Crippen LogP contribution is 2.30. The van der Waals surface area contributed by atoms with Gasteiger partial charge in [-0.3, -0.25) is 4.57 Å². The Morgan fingerprint density at radius 2 is 1.70 bits per heavy atom.